The molecule has 0 radical (unpaired) electrons. The Balaban J connectivity index is 1.33. The molecule has 1 amide bonds. The maximum Gasteiger partial charge on any atom is 0.338 e. The molecular formula is C23H31NO5. The minimum atomic E-state index is -0.533. The molecule has 0 spiro atoms. The predicted octanol–water partition coefficient (Wildman–Crippen LogP) is 3.73. The summed E-state index contributed by atoms with van der Waals surface area (Å²) < 4.78 is 16.4. The second-order valence-electron chi connectivity index (χ2n) is 8.85. The van der Waals surface area contributed by atoms with Gasteiger partial charge < -0.3 is 19.5 Å². The van der Waals surface area contributed by atoms with Crippen molar-refractivity contribution in [3.05, 3.63) is 23.8 Å². The molecule has 0 aromatic heterocycles. The highest BCUT2D eigenvalue weighted by molar-refractivity contribution is 5.92. The van der Waals surface area contributed by atoms with Gasteiger partial charge in [0.25, 0.3) is 5.91 Å². The van der Waals surface area contributed by atoms with Crippen LogP contribution >= 0.6 is 0 Å². The van der Waals surface area contributed by atoms with Crippen LogP contribution < -0.4 is 14.8 Å². The van der Waals surface area contributed by atoms with Crippen LogP contribution in [0.15, 0.2) is 18.2 Å². The molecule has 1 N–H and O–H groups in total. The third-order valence-corrected chi connectivity index (χ3v) is 6.56. The van der Waals surface area contributed by atoms with Gasteiger partial charge >= 0.3 is 5.97 Å². The van der Waals surface area contributed by atoms with Crippen LogP contribution in [0.5, 0.6) is 11.5 Å². The molecule has 158 valence electrons. The van der Waals surface area contributed by atoms with Crippen molar-refractivity contribution in [3.63, 3.8) is 0 Å². The second kappa shape index (κ2) is 8.25. The van der Waals surface area contributed by atoms with E-state index in [1.165, 1.54) is 19.3 Å². The fourth-order valence-electron chi connectivity index (χ4n) is 5.99. The highest BCUT2D eigenvalue weighted by Gasteiger charge is 2.51. The Morgan fingerprint density at radius 1 is 0.966 bits per heavy atom. The Kier molecular flexibility index (Phi) is 5.70. The fourth-order valence-corrected chi connectivity index (χ4v) is 5.99. The van der Waals surface area contributed by atoms with Crippen molar-refractivity contribution in [2.75, 3.05) is 19.8 Å². The topological polar surface area (TPSA) is 73.9 Å². The molecule has 4 aliphatic rings. The fraction of sp³-hybridized carbons (Fsp3) is 0.652. The van der Waals surface area contributed by atoms with E-state index in [9.17, 15) is 9.59 Å². The van der Waals surface area contributed by atoms with Gasteiger partial charge in [-0.2, -0.15) is 0 Å². The summed E-state index contributed by atoms with van der Waals surface area (Å²) in [5.74, 6) is 2.62. The van der Waals surface area contributed by atoms with Crippen molar-refractivity contribution in [2.45, 2.75) is 57.9 Å². The summed E-state index contributed by atoms with van der Waals surface area (Å²) in [5, 5.41) is 3.23. The lowest BCUT2D eigenvalue weighted by Crippen LogP contribution is -2.60. The van der Waals surface area contributed by atoms with E-state index < -0.39 is 5.97 Å². The van der Waals surface area contributed by atoms with Gasteiger partial charge in [-0.3, -0.25) is 4.79 Å². The van der Waals surface area contributed by atoms with Gasteiger partial charge in [0, 0.05) is 5.54 Å². The first-order chi connectivity index (χ1) is 14.0. The molecule has 4 bridgehead atoms. The van der Waals surface area contributed by atoms with Crippen molar-refractivity contribution in [1.29, 1.82) is 0 Å². The van der Waals surface area contributed by atoms with Crippen LogP contribution in [0.4, 0.5) is 0 Å². The second-order valence-corrected chi connectivity index (χ2v) is 8.85. The monoisotopic (exact) mass is 401 g/mol. The van der Waals surface area contributed by atoms with Crippen LogP contribution in [0, 0.1) is 17.8 Å². The molecule has 0 saturated heterocycles. The number of benzene rings is 1. The van der Waals surface area contributed by atoms with Crippen molar-refractivity contribution in [3.8, 4) is 11.5 Å². The molecule has 6 heteroatoms. The molecule has 5 rings (SSSR count). The Morgan fingerprint density at radius 3 is 2.14 bits per heavy atom. The number of amides is 1. The van der Waals surface area contributed by atoms with Gasteiger partial charge in [0.1, 0.15) is 0 Å². The molecule has 29 heavy (non-hydrogen) atoms. The van der Waals surface area contributed by atoms with Gasteiger partial charge in [-0.05, 0) is 88.3 Å². The largest absolute Gasteiger partial charge is 0.490 e. The minimum Gasteiger partial charge on any atom is -0.490 e. The van der Waals surface area contributed by atoms with Crippen molar-refractivity contribution in [2.24, 2.45) is 17.8 Å². The first kappa shape index (κ1) is 20.0. The average molecular weight is 402 g/mol. The summed E-state index contributed by atoms with van der Waals surface area (Å²) in [4.78, 5) is 25.0. The van der Waals surface area contributed by atoms with Crippen LogP contribution in [0.3, 0.4) is 0 Å². The lowest BCUT2D eigenvalue weighted by molar-refractivity contribution is -0.130. The summed E-state index contributed by atoms with van der Waals surface area (Å²) in [6, 6.07) is 4.93. The van der Waals surface area contributed by atoms with Crippen molar-refractivity contribution < 1.29 is 23.8 Å². The maximum atomic E-state index is 12.5. The zero-order valence-corrected chi connectivity index (χ0v) is 17.4. The van der Waals surface area contributed by atoms with Gasteiger partial charge in [0.15, 0.2) is 18.1 Å². The number of hydrogen-bond acceptors (Lipinski definition) is 5. The minimum absolute atomic E-state index is 0.0699. The van der Waals surface area contributed by atoms with Gasteiger partial charge in [-0.25, -0.2) is 4.79 Å². The average Bonchev–Trinajstić information content (AvgIpc) is 2.66. The molecular weight excluding hydrogens is 370 g/mol. The lowest BCUT2D eigenvalue weighted by atomic mass is 9.53. The molecule has 0 aliphatic heterocycles. The normalized spacial score (nSPS) is 29.4. The number of carbonyl (C=O) groups excluding carboxylic acids is 2. The van der Waals surface area contributed by atoms with Crippen LogP contribution in [0.2, 0.25) is 0 Å². The Bertz CT molecular complexity index is 739. The van der Waals surface area contributed by atoms with Gasteiger partial charge in [-0.1, -0.05) is 0 Å². The zero-order valence-electron chi connectivity index (χ0n) is 17.4. The third-order valence-electron chi connectivity index (χ3n) is 6.56. The number of ether oxygens (including phenoxy) is 3. The molecule has 6 nitrogen and oxygen atoms in total. The van der Waals surface area contributed by atoms with E-state index in [1.807, 2.05) is 13.8 Å². The van der Waals surface area contributed by atoms with Gasteiger partial charge in [-0.15, -0.1) is 0 Å². The zero-order chi connectivity index (χ0) is 20.4. The SMILES string of the molecule is CCOc1ccc(C(=O)OCC(=O)NC23CC4CC(CC(C4)C2)C3)cc1OCC. The Hall–Kier alpha value is -2.24. The summed E-state index contributed by atoms with van der Waals surface area (Å²) in [6.07, 6.45) is 7.21. The highest BCUT2D eigenvalue weighted by Crippen LogP contribution is 2.55. The number of esters is 1. The molecule has 4 fully saturated rings. The van der Waals surface area contributed by atoms with Crippen LogP contribution in [-0.4, -0.2) is 37.2 Å². The highest BCUT2D eigenvalue weighted by atomic mass is 16.5. The number of hydrogen-bond donors (Lipinski definition) is 1. The van der Waals surface area contributed by atoms with Crippen LogP contribution in [-0.2, 0) is 9.53 Å². The standard InChI is InChI=1S/C23H31NO5/c1-3-27-19-6-5-18(10-20(19)28-4-2)22(26)29-14-21(25)24-23-11-15-7-16(12-23)9-17(8-15)13-23/h5-6,10,15-17H,3-4,7-9,11-14H2,1-2H3,(H,24,25). The molecule has 0 atom stereocenters. The maximum absolute atomic E-state index is 12.5. The van der Waals surface area contributed by atoms with Crippen molar-refractivity contribution >= 4 is 11.9 Å². The van der Waals surface area contributed by atoms with E-state index in [0.29, 0.717) is 30.3 Å². The summed E-state index contributed by atoms with van der Waals surface area (Å²) in [7, 11) is 0. The van der Waals surface area contributed by atoms with E-state index in [0.717, 1.165) is 37.0 Å². The number of rotatable bonds is 8. The lowest BCUT2D eigenvalue weighted by Gasteiger charge is -2.56. The molecule has 0 heterocycles. The molecule has 0 unspecified atom stereocenters. The van der Waals surface area contributed by atoms with Gasteiger partial charge in [0.05, 0.1) is 18.8 Å². The third kappa shape index (κ3) is 4.36. The summed E-state index contributed by atoms with van der Waals surface area (Å²) >= 11 is 0. The Morgan fingerprint density at radius 2 is 1.55 bits per heavy atom. The molecule has 4 saturated carbocycles. The van der Waals surface area contributed by atoms with Crippen LogP contribution in [0.25, 0.3) is 0 Å². The Labute approximate surface area is 172 Å². The summed E-state index contributed by atoms with van der Waals surface area (Å²) in [6.45, 7) is 4.48. The first-order valence-electron chi connectivity index (χ1n) is 10.9. The van der Waals surface area contributed by atoms with Crippen LogP contribution in [0.1, 0.15) is 62.7 Å². The predicted molar refractivity (Wildman–Crippen MR) is 108 cm³/mol. The van der Waals surface area contributed by atoms with E-state index in [-0.39, 0.29) is 18.1 Å². The number of nitrogens with one attached hydrogen (secondary N) is 1. The smallest absolute Gasteiger partial charge is 0.338 e. The molecule has 1 aromatic carbocycles. The van der Waals surface area contributed by atoms with Gasteiger partial charge in [0.2, 0.25) is 0 Å². The van der Waals surface area contributed by atoms with E-state index in [4.69, 9.17) is 14.2 Å². The summed E-state index contributed by atoms with van der Waals surface area (Å²) in [5.41, 5.74) is 0.277. The first-order valence-corrected chi connectivity index (χ1v) is 10.9. The van der Waals surface area contributed by atoms with E-state index >= 15 is 0 Å². The van der Waals surface area contributed by atoms with E-state index in [1.54, 1.807) is 18.2 Å². The van der Waals surface area contributed by atoms with E-state index in [2.05, 4.69) is 5.32 Å². The number of carbonyl (C=O) groups is 2. The quantitative estimate of drug-likeness (QED) is 0.672. The molecule has 1 aromatic rings. The van der Waals surface area contributed by atoms with Crippen molar-refractivity contribution in [1.82, 2.24) is 5.32 Å². The molecule has 4 aliphatic carbocycles.